The van der Waals surface area contributed by atoms with Gasteiger partial charge in [0.1, 0.15) is 6.04 Å². The predicted octanol–water partition coefficient (Wildman–Crippen LogP) is 1.35. The van der Waals surface area contributed by atoms with Gasteiger partial charge in [-0.05, 0) is 33.1 Å². The van der Waals surface area contributed by atoms with Gasteiger partial charge in [-0.1, -0.05) is 6.92 Å². The molecule has 0 fully saturated rings. The molecule has 0 bridgehead atoms. The van der Waals surface area contributed by atoms with Gasteiger partial charge in [0.25, 0.3) is 0 Å². The Morgan fingerprint density at radius 3 is 2.44 bits per heavy atom. The molecule has 0 saturated heterocycles. The summed E-state index contributed by atoms with van der Waals surface area (Å²) in [6, 6.07) is -1.26. The van der Waals surface area contributed by atoms with E-state index in [1.54, 1.807) is 6.92 Å². The fourth-order valence-electron chi connectivity index (χ4n) is 1.30. The van der Waals surface area contributed by atoms with Gasteiger partial charge >= 0.3 is 12.0 Å². The van der Waals surface area contributed by atoms with Gasteiger partial charge in [-0.3, -0.25) is 0 Å². The molecule has 0 aromatic carbocycles. The molecule has 0 spiro atoms. The van der Waals surface area contributed by atoms with Crippen LogP contribution in [0.4, 0.5) is 4.79 Å². The molecule has 0 aromatic heterocycles. The van der Waals surface area contributed by atoms with Crippen molar-refractivity contribution in [3.63, 3.8) is 0 Å². The first-order valence-corrected chi connectivity index (χ1v) is 6.36. The molecule has 1 atom stereocenters. The summed E-state index contributed by atoms with van der Waals surface area (Å²) in [5.74, 6) is -1.02. The summed E-state index contributed by atoms with van der Waals surface area (Å²) in [5, 5.41) is 13.8. The van der Waals surface area contributed by atoms with Gasteiger partial charge in [-0.25, -0.2) is 9.59 Å². The van der Waals surface area contributed by atoms with Crippen molar-refractivity contribution in [3.05, 3.63) is 0 Å². The van der Waals surface area contributed by atoms with E-state index < -0.39 is 18.0 Å². The molecule has 1 unspecified atom stereocenters. The zero-order chi connectivity index (χ0) is 14.0. The Hall–Kier alpha value is -1.30. The van der Waals surface area contributed by atoms with Crippen LogP contribution >= 0.6 is 0 Å². The molecule has 0 saturated carbocycles. The highest BCUT2D eigenvalue weighted by atomic mass is 16.5. The van der Waals surface area contributed by atoms with Crippen LogP contribution in [0.2, 0.25) is 0 Å². The molecule has 0 aliphatic rings. The molecule has 18 heavy (non-hydrogen) atoms. The van der Waals surface area contributed by atoms with Crippen LogP contribution in [0.25, 0.3) is 0 Å². The number of urea groups is 1. The van der Waals surface area contributed by atoms with Crippen LogP contribution in [0.3, 0.4) is 0 Å². The quantitative estimate of drug-likeness (QED) is 0.546. The first-order chi connectivity index (χ1) is 8.47. The van der Waals surface area contributed by atoms with Gasteiger partial charge in [0.2, 0.25) is 0 Å². The Bertz CT molecular complexity index is 256. The maximum Gasteiger partial charge on any atom is 0.326 e. The summed E-state index contributed by atoms with van der Waals surface area (Å²) in [7, 11) is 0. The monoisotopic (exact) mass is 260 g/mol. The first kappa shape index (κ1) is 16.7. The number of ether oxygens (including phenoxy) is 1. The molecule has 0 rings (SSSR count). The molecule has 0 heterocycles. The number of rotatable bonds is 9. The Morgan fingerprint density at radius 1 is 1.28 bits per heavy atom. The highest BCUT2D eigenvalue weighted by Gasteiger charge is 2.16. The second kappa shape index (κ2) is 9.70. The lowest BCUT2D eigenvalue weighted by Gasteiger charge is -2.13. The van der Waals surface area contributed by atoms with Gasteiger partial charge < -0.3 is 20.5 Å². The summed E-state index contributed by atoms with van der Waals surface area (Å²) in [5.41, 5.74) is 0. The van der Waals surface area contributed by atoms with Gasteiger partial charge in [-0.2, -0.15) is 0 Å². The number of carbonyl (C=O) groups excluding carboxylic acids is 1. The molecule has 0 aliphatic heterocycles. The Labute approximate surface area is 108 Å². The number of nitrogens with one attached hydrogen (secondary N) is 2. The normalized spacial score (nSPS) is 12.2. The molecule has 3 N–H and O–H groups in total. The van der Waals surface area contributed by atoms with E-state index in [2.05, 4.69) is 10.6 Å². The third-order valence-corrected chi connectivity index (χ3v) is 2.32. The number of unbranched alkanes of at least 4 members (excludes halogenated alkanes) is 1. The van der Waals surface area contributed by atoms with E-state index in [9.17, 15) is 9.59 Å². The SMILES string of the molecule is CCC(NC(=O)NCCCCOC(C)C)C(=O)O. The highest BCUT2D eigenvalue weighted by molar-refractivity contribution is 5.82. The molecular formula is C12H24N2O4. The van der Waals surface area contributed by atoms with E-state index in [-0.39, 0.29) is 6.10 Å². The lowest BCUT2D eigenvalue weighted by molar-refractivity contribution is -0.139. The second-order valence-electron chi connectivity index (χ2n) is 4.33. The van der Waals surface area contributed by atoms with Crippen molar-refractivity contribution in [1.82, 2.24) is 10.6 Å². The van der Waals surface area contributed by atoms with Crippen LogP contribution in [0.5, 0.6) is 0 Å². The largest absolute Gasteiger partial charge is 0.480 e. The first-order valence-electron chi connectivity index (χ1n) is 6.36. The summed E-state index contributed by atoms with van der Waals surface area (Å²) in [6.45, 7) is 6.85. The van der Waals surface area contributed by atoms with Crippen LogP contribution in [0, 0.1) is 0 Å². The minimum absolute atomic E-state index is 0.224. The van der Waals surface area contributed by atoms with Crippen molar-refractivity contribution >= 4 is 12.0 Å². The van der Waals surface area contributed by atoms with Gasteiger partial charge in [0, 0.05) is 13.2 Å². The fourth-order valence-corrected chi connectivity index (χ4v) is 1.30. The maximum absolute atomic E-state index is 11.3. The van der Waals surface area contributed by atoms with E-state index in [0.29, 0.717) is 19.6 Å². The average molecular weight is 260 g/mol. The molecule has 6 nitrogen and oxygen atoms in total. The topological polar surface area (TPSA) is 87.7 Å². The summed E-state index contributed by atoms with van der Waals surface area (Å²) in [6.07, 6.45) is 2.27. The number of aliphatic carboxylic acids is 1. The third-order valence-electron chi connectivity index (χ3n) is 2.32. The van der Waals surface area contributed by atoms with E-state index >= 15 is 0 Å². The van der Waals surface area contributed by atoms with Crippen molar-refractivity contribution in [2.24, 2.45) is 0 Å². The van der Waals surface area contributed by atoms with Crippen molar-refractivity contribution in [2.75, 3.05) is 13.2 Å². The zero-order valence-electron chi connectivity index (χ0n) is 11.4. The second-order valence-corrected chi connectivity index (χ2v) is 4.33. The van der Waals surface area contributed by atoms with Gasteiger partial charge in [0.15, 0.2) is 0 Å². The average Bonchev–Trinajstić information content (AvgIpc) is 2.29. The standard InChI is InChI=1S/C12H24N2O4/c1-4-10(11(15)16)14-12(17)13-7-5-6-8-18-9(2)3/h9-10H,4-8H2,1-3H3,(H,15,16)(H2,13,14,17). The lowest BCUT2D eigenvalue weighted by atomic mass is 10.2. The Morgan fingerprint density at radius 2 is 1.94 bits per heavy atom. The summed E-state index contributed by atoms with van der Waals surface area (Å²) < 4.78 is 5.36. The minimum Gasteiger partial charge on any atom is -0.480 e. The number of hydrogen-bond acceptors (Lipinski definition) is 3. The zero-order valence-corrected chi connectivity index (χ0v) is 11.4. The molecule has 2 amide bonds. The lowest BCUT2D eigenvalue weighted by Crippen LogP contribution is -2.45. The van der Waals surface area contributed by atoms with Gasteiger partial charge in [0.05, 0.1) is 6.10 Å². The van der Waals surface area contributed by atoms with Crippen LogP contribution in [0.1, 0.15) is 40.0 Å². The molecule has 0 radical (unpaired) electrons. The van der Waals surface area contributed by atoms with Crippen molar-refractivity contribution < 1.29 is 19.4 Å². The molecule has 6 heteroatoms. The van der Waals surface area contributed by atoms with Crippen LogP contribution in [0.15, 0.2) is 0 Å². The van der Waals surface area contributed by atoms with Crippen molar-refractivity contribution in [2.45, 2.75) is 52.2 Å². The number of amides is 2. The third kappa shape index (κ3) is 8.81. The smallest absolute Gasteiger partial charge is 0.326 e. The Kier molecular flexibility index (Phi) is 9.00. The van der Waals surface area contributed by atoms with E-state index in [1.807, 2.05) is 13.8 Å². The highest BCUT2D eigenvalue weighted by Crippen LogP contribution is 1.94. The molecule has 0 aliphatic carbocycles. The minimum atomic E-state index is -1.02. The van der Waals surface area contributed by atoms with Crippen LogP contribution in [-0.2, 0) is 9.53 Å². The predicted molar refractivity (Wildman–Crippen MR) is 68.6 cm³/mol. The molecule has 0 aromatic rings. The van der Waals surface area contributed by atoms with Crippen molar-refractivity contribution in [3.8, 4) is 0 Å². The number of carbonyl (C=O) groups is 2. The van der Waals surface area contributed by atoms with Crippen molar-refractivity contribution in [1.29, 1.82) is 0 Å². The van der Waals surface area contributed by atoms with E-state index in [0.717, 1.165) is 12.8 Å². The fraction of sp³-hybridized carbons (Fsp3) is 0.833. The maximum atomic E-state index is 11.3. The summed E-state index contributed by atoms with van der Waals surface area (Å²) >= 11 is 0. The van der Waals surface area contributed by atoms with E-state index in [4.69, 9.17) is 9.84 Å². The summed E-state index contributed by atoms with van der Waals surface area (Å²) in [4.78, 5) is 22.0. The molecular weight excluding hydrogens is 236 g/mol. The van der Waals surface area contributed by atoms with Gasteiger partial charge in [-0.15, -0.1) is 0 Å². The number of carboxylic acid groups (broad SMARTS) is 1. The van der Waals surface area contributed by atoms with Crippen LogP contribution < -0.4 is 10.6 Å². The Balaban J connectivity index is 3.56. The number of hydrogen-bond donors (Lipinski definition) is 3. The number of carboxylic acids is 1. The molecule has 106 valence electrons. The van der Waals surface area contributed by atoms with Crippen LogP contribution in [-0.4, -0.2) is 42.4 Å². The van der Waals surface area contributed by atoms with E-state index in [1.165, 1.54) is 0 Å².